The van der Waals surface area contributed by atoms with Crippen molar-refractivity contribution in [3.8, 4) is 0 Å². The highest BCUT2D eigenvalue weighted by atomic mass is 16.6. The minimum Gasteiger partial charge on any atom is -0.393 e. The molecule has 0 aromatic rings. The number of oxime groups is 1. The molecule has 2 heteroatoms. The molecule has 1 fully saturated rings. The normalized spacial score (nSPS) is 20.1. The second-order valence-corrected chi connectivity index (χ2v) is 3.44. The number of hydrogen-bond donors (Lipinski definition) is 0. The van der Waals surface area contributed by atoms with Crippen LogP contribution in [-0.4, -0.2) is 12.3 Å². The van der Waals surface area contributed by atoms with Gasteiger partial charge in [-0.25, -0.2) is 0 Å². The summed E-state index contributed by atoms with van der Waals surface area (Å²) in [5.41, 5.74) is 0. The van der Waals surface area contributed by atoms with E-state index in [0.29, 0.717) is 6.10 Å². The molecule has 0 radical (unpaired) electrons. The maximum absolute atomic E-state index is 5.35. The lowest BCUT2D eigenvalue weighted by molar-refractivity contribution is 0.0336. The van der Waals surface area contributed by atoms with Gasteiger partial charge in [0.2, 0.25) is 0 Å². The van der Waals surface area contributed by atoms with E-state index in [0.717, 1.165) is 12.8 Å². The van der Waals surface area contributed by atoms with Gasteiger partial charge in [-0.2, -0.15) is 0 Å². The Kier molecular flexibility index (Phi) is 4.81. The van der Waals surface area contributed by atoms with E-state index in [4.69, 9.17) is 4.84 Å². The van der Waals surface area contributed by atoms with E-state index < -0.39 is 0 Å². The minimum atomic E-state index is 0.409. The van der Waals surface area contributed by atoms with Gasteiger partial charge in [-0.05, 0) is 32.1 Å². The van der Waals surface area contributed by atoms with Gasteiger partial charge in [0, 0.05) is 6.21 Å². The topological polar surface area (TPSA) is 21.6 Å². The van der Waals surface area contributed by atoms with Gasteiger partial charge in [0.05, 0.1) is 0 Å². The van der Waals surface area contributed by atoms with Crippen LogP contribution < -0.4 is 0 Å². The number of rotatable bonds is 4. The van der Waals surface area contributed by atoms with Crippen LogP contribution in [0.25, 0.3) is 0 Å². The van der Waals surface area contributed by atoms with E-state index in [2.05, 4.69) is 12.1 Å². The van der Waals surface area contributed by atoms with Crippen molar-refractivity contribution < 1.29 is 4.84 Å². The van der Waals surface area contributed by atoms with Gasteiger partial charge in [0.25, 0.3) is 0 Å². The standard InChI is InChI=1S/C10H19NO/c1-2-3-9-11-12-10-7-5-4-6-8-10/h9-10H,2-8H2,1H3. The maximum Gasteiger partial charge on any atom is 0.127 e. The zero-order valence-corrected chi connectivity index (χ0v) is 7.96. The van der Waals surface area contributed by atoms with Gasteiger partial charge in [-0.1, -0.05) is 24.9 Å². The Hall–Kier alpha value is -0.530. The maximum atomic E-state index is 5.35. The Morgan fingerprint density at radius 3 is 2.75 bits per heavy atom. The lowest BCUT2D eigenvalue weighted by atomic mass is 9.98. The molecular formula is C10H19NO. The van der Waals surface area contributed by atoms with Gasteiger partial charge >= 0.3 is 0 Å². The first-order valence-electron chi connectivity index (χ1n) is 5.11. The fourth-order valence-electron chi connectivity index (χ4n) is 1.48. The minimum absolute atomic E-state index is 0.409. The van der Waals surface area contributed by atoms with E-state index in [9.17, 15) is 0 Å². The molecule has 2 nitrogen and oxygen atoms in total. The van der Waals surface area contributed by atoms with E-state index >= 15 is 0 Å². The molecule has 70 valence electrons. The van der Waals surface area contributed by atoms with E-state index in [1.165, 1.54) is 32.1 Å². The van der Waals surface area contributed by atoms with Crippen molar-refractivity contribution in [2.24, 2.45) is 5.16 Å². The Labute approximate surface area is 75.0 Å². The zero-order valence-electron chi connectivity index (χ0n) is 7.96. The second kappa shape index (κ2) is 6.04. The predicted molar refractivity (Wildman–Crippen MR) is 51.4 cm³/mol. The first-order valence-corrected chi connectivity index (χ1v) is 5.11. The van der Waals surface area contributed by atoms with Crippen LogP contribution in [0.2, 0.25) is 0 Å². The molecular weight excluding hydrogens is 150 g/mol. The summed E-state index contributed by atoms with van der Waals surface area (Å²) >= 11 is 0. The molecule has 1 aliphatic rings. The Bertz CT molecular complexity index is 128. The summed E-state index contributed by atoms with van der Waals surface area (Å²) < 4.78 is 0. The molecule has 0 aromatic carbocycles. The first-order chi connectivity index (χ1) is 5.93. The van der Waals surface area contributed by atoms with Crippen molar-refractivity contribution in [2.75, 3.05) is 0 Å². The average molecular weight is 169 g/mol. The van der Waals surface area contributed by atoms with Crippen molar-refractivity contribution in [3.05, 3.63) is 0 Å². The predicted octanol–water partition coefficient (Wildman–Crippen LogP) is 3.12. The van der Waals surface area contributed by atoms with Crippen LogP contribution in [0.1, 0.15) is 51.9 Å². The summed E-state index contributed by atoms with van der Waals surface area (Å²) in [5, 5.41) is 3.96. The molecule has 12 heavy (non-hydrogen) atoms. The quantitative estimate of drug-likeness (QED) is 0.468. The van der Waals surface area contributed by atoms with Crippen LogP contribution in [0.3, 0.4) is 0 Å². The Morgan fingerprint density at radius 2 is 2.08 bits per heavy atom. The molecule has 0 spiro atoms. The first kappa shape index (κ1) is 9.56. The highest BCUT2D eigenvalue weighted by molar-refractivity contribution is 5.55. The van der Waals surface area contributed by atoms with E-state index in [1.54, 1.807) is 0 Å². The third-order valence-corrected chi connectivity index (χ3v) is 2.25. The molecule has 0 N–H and O–H groups in total. The highest BCUT2D eigenvalue weighted by Crippen LogP contribution is 2.20. The van der Waals surface area contributed by atoms with Crippen molar-refractivity contribution in [2.45, 2.75) is 58.0 Å². The molecule has 0 amide bonds. The smallest absolute Gasteiger partial charge is 0.127 e. The molecule has 0 unspecified atom stereocenters. The summed E-state index contributed by atoms with van der Waals surface area (Å²) in [7, 11) is 0. The summed E-state index contributed by atoms with van der Waals surface area (Å²) in [6.07, 6.45) is 10.9. The average Bonchev–Trinajstić information content (AvgIpc) is 2.14. The molecule has 0 aromatic heterocycles. The van der Waals surface area contributed by atoms with Crippen molar-refractivity contribution >= 4 is 6.21 Å². The van der Waals surface area contributed by atoms with E-state index in [1.807, 2.05) is 6.21 Å². The van der Waals surface area contributed by atoms with Crippen LogP contribution in [0.4, 0.5) is 0 Å². The van der Waals surface area contributed by atoms with Crippen LogP contribution in [0, 0.1) is 0 Å². The highest BCUT2D eigenvalue weighted by Gasteiger charge is 2.13. The zero-order chi connectivity index (χ0) is 8.65. The third-order valence-electron chi connectivity index (χ3n) is 2.25. The van der Waals surface area contributed by atoms with Crippen LogP contribution in [0.5, 0.6) is 0 Å². The SMILES string of the molecule is CCCC=NOC1CCCCC1. The van der Waals surface area contributed by atoms with Gasteiger partial charge in [0.15, 0.2) is 0 Å². The molecule has 0 bridgehead atoms. The third kappa shape index (κ3) is 3.74. The number of nitrogens with zero attached hydrogens (tertiary/aromatic N) is 1. The van der Waals surface area contributed by atoms with Crippen LogP contribution >= 0.6 is 0 Å². The fourth-order valence-corrected chi connectivity index (χ4v) is 1.48. The van der Waals surface area contributed by atoms with Crippen molar-refractivity contribution in [1.82, 2.24) is 0 Å². The lowest BCUT2D eigenvalue weighted by Crippen LogP contribution is -2.13. The summed E-state index contributed by atoms with van der Waals surface area (Å²) in [6.45, 7) is 2.15. The number of hydrogen-bond acceptors (Lipinski definition) is 2. The van der Waals surface area contributed by atoms with Crippen molar-refractivity contribution in [1.29, 1.82) is 0 Å². The molecule has 0 heterocycles. The van der Waals surface area contributed by atoms with Gasteiger partial charge in [0.1, 0.15) is 6.10 Å². The molecule has 0 saturated heterocycles. The van der Waals surface area contributed by atoms with Gasteiger partial charge < -0.3 is 4.84 Å². The Morgan fingerprint density at radius 1 is 1.33 bits per heavy atom. The summed E-state index contributed by atoms with van der Waals surface area (Å²) in [4.78, 5) is 5.35. The Balaban J connectivity index is 2.04. The molecule has 1 saturated carbocycles. The van der Waals surface area contributed by atoms with Crippen LogP contribution in [-0.2, 0) is 4.84 Å². The van der Waals surface area contributed by atoms with Gasteiger partial charge in [-0.15, -0.1) is 0 Å². The molecule has 1 rings (SSSR count). The van der Waals surface area contributed by atoms with Gasteiger partial charge in [-0.3, -0.25) is 0 Å². The lowest BCUT2D eigenvalue weighted by Gasteiger charge is -2.18. The fraction of sp³-hybridized carbons (Fsp3) is 0.900. The van der Waals surface area contributed by atoms with Crippen LogP contribution in [0.15, 0.2) is 5.16 Å². The largest absolute Gasteiger partial charge is 0.393 e. The van der Waals surface area contributed by atoms with E-state index in [-0.39, 0.29) is 0 Å². The summed E-state index contributed by atoms with van der Waals surface area (Å²) in [6, 6.07) is 0. The monoisotopic (exact) mass is 169 g/mol. The number of unbranched alkanes of at least 4 members (excludes halogenated alkanes) is 1. The summed E-state index contributed by atoms with van der Waals surface area (Å²) in [5.74, 6) is 0. The second-order valence-electron chi connectivity index (χ2n) is 3.44. The molecule has 0 atom stereocenters. The van der Waals surface area contributed by atoms with Crippen molar-refractivity contribution in [3.63, 3.8) is 0 Å². The molecule has 1 aliphatic carbocycles. The molecule has 0 aliphatic heterocycles.